The molecule has 0 heterocycles. The van der Waals surface area contributed by atoms with Crippen molar-refractivity contribution in [2.24, 2.45) is 0 Å². The van der Waals surface area contributed by atoms with E-state index in [1.165, 1.54) is 0 Å². The Morgan fingerprint density at radius 3 is 1.85 bits per heavy atom. The van der Waals surface area contributed by atoms with E-state index in [4.69, 9.17) is 24.6 Å². The average molecular weight is 349 g/mol. The number of nitriles is 1. The molecule has 0 saturated carbocycles. The van der Waals surface area contributed by atoms with Gasteiger partial charge < -0.3 is 19.3 Å². The minimum absolute atomic E-state index is 0.149. The van der Waals surface area contributed by atoms with Gasteiger partial charge in [0.2, 0.25) is 6.79 Å². The Balaban J connectivity index is 0.000000228. The molecule has 0 bridgehead atoms. The molecule has 0 fully saturated rings. The van der Waals surface area contributed by atoms with Gasteiger partial charge in [-0.25, -0.2) is 0 Å². The Morgan fingerprint density at radius 2 is 1.31 bits per heavy atom. The summed E-state index contributed by atoms with van der Waals surface area (Å²) in [6.07, 6.45) is 0. The van der Waals surface area contributed by atoms with Gasteiger partial charge in [-0.15, -0.1) is 0 Å². The summed E-state index contributed by atoms with van der Waals surface area (Å²) >= 11 is 0. The van der Waals surface area contributed by atoms with Gasteiger partial charge in [0.15, 0.2) is 0 Å². The summed E-state index contributed by atoms with van der Waals surface area (Å²) in [7, 11) is 1.59. The van der Waals surface area contributed by atoms with Gasteiger partial charge in [0.05, 0.1) is 18.7 Å². The summed E-state index contributed by atoms with van der Waals surface area (Å²) in [5.41, 5.74) is 0.612. The van der Waals surface area contributed by atoms with E-state index in [1.807, 2.05) is 36.4 Å². The summed E-state index contributed by atoms with van der Waals surface area (Å²) in [5.74, 6) is 2.46. The molecule has 0 spiro atoms. The van der Waals surface area contributed by atoms with E-state index in [9.17, 15) is 0 Å². The molecule has 26 heavy (non-hydrogen) atoms. The quantitative estimate of drug-likeness (QED) is 0.692. The van der Waals surface area contributed by atoms with Crippen LogP contribution in [0.2, 0.25) is 0 Å². The maximum absolute atomic E-state index is 8.80. The zero-order valence-corrected chi connectivity index (χ0v) is 14.3. The Labute approximate surface area is 152 Å². The number of aromatic hydroxyl groups is 1. The second kappa shape index (κ2) is 10.3. The van der Waals surface area contributed by atoms with Crippen LogP contribution >= 0.6 is 0 Å². The molecule has 3 rings (SSSR count). The molecule has 0 unspecified atom stereocenters. The summed E-state index contributed by atoms with van der Waals surface area (Å²) in [5, 5.41) is 17.4. The van der Waals surface area contributed by atoms with Crippen molar-refractivity contribution in [1.29, 1.82) is 5.26 Å². The fourth-order valence-electron chi connectivity index (χ4n) is 1.89. The fraction of sp³-hybridized carbons (Fsp3) is 0.0952. The van der Waals surface area contributed by atoms with E-state index < -0.39 is 0 Å². The van der Waals surface area contributed by atoms with Crippen molar-refractivity contribution >= 4 is 0 Å². The molecule has 0 radical (unpaired) electrons. The standard InChI is InChI=1S/C14H11NO2.C7H8O2/c15-10-12-6-8-14(9-7-12)17-11-16-13-4-2-1-3-5-13;1-9-7-4-2-6(8)3-5-7/h1-9H,11H2;2-5,8H,1H3. The average Bonchev–Trinajstić information content (AvgIpc) is 2.70. The lowest BCUT2D eigenvalue weighted by atomic mass is 10.2. The molecule has 3 aromatic rings. The van der Waals surface area contributed by atoms with Crippen LogP contribution < -0.4 is 14.2 Å². The van der Waals surface area contributed by atoms with E-state index in [-0.39, 0.29) is 12.5 Å². The van der Waals surface area contributed by atoms with E-state index in [0.29, 0.717) is 11.3 Å². The highest BCUT2D eigenvalue weighted by Gasteiger charge is 1.95. The van der Waals surface area contributed by atoms with E-state index in [1.54, 1.807) is 55.6 Å². The Bertz CT molecular complexity index is 809. The molecular formula is C21H19NO4. The first-order chi connectivity index (χ1) is 12.7. The molecule has 0 atom stereocenters. The van der Waals surface area contributed by atoms with Gasteiger partial charge >= 0.3 is 0 Å². The van der Waals surface area contributed by atoms with Gasteiger partial charge in [-0.2, -0.15) is 5.26 Å². The molecule has 0 aliphatic rings. The molecular weight excluding hydrogens is 330 g/mol. The number of rotatable bonds is 5. The van der Waals surface area contributed by atoms with Gasteiger partial charge in [0.25, 0.3) is 0 Å². The Morgan fingerprint density at radius 1 is 0.769 bits per heavy atom. The predicted octanol–water partition coefficient (Wildman–Crippen LogP) is 4.37. The van der Waals surface area contributed by atoms with Gasteiger partial charge in [-0.1, -0.05) is 18.2 Å². The third-order valence-corrected chi connectivity index (χ3v) is 3.25. The number of hydrogen-bond donors (Lipinski definition) is 1. The topological polar surface area (TPSA) is 71.7 Å². The summed E-state index contributed by atoms with van der Waals surface area (Å²) in [4.78, 5) is 0. The van der Waals surface area contributed by atoms with Crippen LogP contribution in [0.4, 0.5) is 0 Å². The Hall–Kier alpha value is -3.65. The normalized spacial score (nSPS) is 9.23. The number of ether oxygens (including phenoxy) is 3. The Kier molecular flexibility index (Phi) is 7.38. The van der Waals surface area contributed by atoms with Crippen LogP contribution in [0.1, 0.15) is 5.56 Å². The van der Waals surface area contributed by atoms with Crippen LogP contribution in [-0.2, 0) is 0 Å². The second-order valence-corrected chi connectivity index (χ2v) is 5.05. The molecule has 0 aromatic heterocycles. The van der Waals surface area contributed by atoms with E-state index in [0.717, 1.165) is 11.5 Å². The third kappa shape index (κ3) is 6.46. The molecule has 1 N–H and O–H groups in total. The molecule has 0 aliphatic heterocycles. The monoisotopic (exact) mass is 349 g/mol. The SMILES string of the molecule is COc1ccc(O)cc1.N#Cc1ccc(OCOc2ccccc2)cc1. The van der Waals surface area contributed by atoms with Gasteiger partial charge in [-0.3, -0.25) is 0 Å². The maximum Gasteiger partial charge on any atom is 0.230 e. The first-order valence-corrected chi connectivity index (χ1v) is 7.85. The molecule has 132 valence electrons. The van der Waals surface area contributed by atoms with Crippen molar-refractivity contribution in [3.63, 3.8) is 0 Å². The number of phenolic OH excluding ortho intramolecular Hbond substituents is 1. The number of phenols is 1. The molecule has 0 amide bonds. The number of nitrogens with zero attached hydrogens (tertiary/aromatic N) is 1. The molecule has 3 aromatic carbocycles. The zero-order chi connectivity index (χ0) is 18.6. The largest absolute Gasteiger partial charge is 0.508 e. The van der Waals surface area contributed by atoms with Crippen LogP contribution in [0.3, 0.4) is 0 Å². The smallest absolute Gasteiger partial charge is 0.230 e. The predicted molar refractivity (Wildman–Crippen MR) is 98.4 cm³/mol. The number of benzene rings is 3. The van der Waals surface area contributed by atoms with Crippen molar-refractivity contribution in [3.05, 3.63) is 84.4 Å². The van der Waals surface area contributed by atoms with Crippen LogP contribution in [0, 0.1) is 11.3 Å². The van der Waals surface area contributed by atoms with Crippen LogP contribution in [0.15, 0.2) is 78.9 Å². The van der Waals surface area contributed by atoms with Crippen molar-refractivity contribution < 1.29 is 19.3 Å². The number of para-hydroxylation sites is 1. The highest BCUT2D eigenvalue weighted by molar-refractivity contribution is 5.34. The van der Waals surface area contributed by atoms with E-state index in [2.05, 4.69) is 0 Å². The number of hydrogen-bond acceptors (Lipinski definition) is 5. The zero-order valence-electron chi connectivity index (χ0n) is 14.3. The molecule has 0 aliphatic carbocycles. The molecule has 5 heteroatoms. The van der Waals surface area contributed by atoms with Crippen molar-refractivity contribution in [2.75, 3.05) is 13.9 Å². The lowest BCUT2D eigenvalue weighted by Crippen LogP contribution is -2.05. The fourth-order valence-corrected chi connectivity index (χ4v) is 1.89. The van der Waals surface area contributed by atoms with Gasteiger partial charge in [0.1, 0.15) is 23.0 Å². The first kappa shape index (κ1) is 18.7. The highest BCUT2D eigenvalue weighted by atomic mass is 16.7. The van der Waals surface area contributed by atoms with Gasteiger partial charge in [0, 0.05) is 0 Å². The van der Waals surface area contributed by atoms with Gasteiger partial charge in [-0.05, 0) is 60.7 Å². The lowest BCUT2D eigenvalue weighted by molar-refractivity contribution is 0.120. The second-order valence-electron chi connectivity index (χ2n) is 5.05. The van der Waals surface area contributed by atoms with Crippen LogP contribution in [0.5, 0.6) is 23.0 Å². The van der Waals surface area contributed by atoms with Crippen molar-refractivity contribution in [1.82, 2.24) is 0 Å². The number of methoxy groups -OCH3 is 1. The molecule has 5 nitrogen and oxygen atoms in total. The van der Waals surface area contributed by atoms with Crippen LogP contribution in [0.25, 0.3) is 0 Å². The highest BCUT2D eigenvalue weighted by Crippen LogP contribution is 2.15. The van der Waals surface area contributed by atoms with Crippen LogP contribution in [-0.4, -0.2) is 19.0 Å². The molecule has 0 saturated heterocycles. The summed E-state index contributed by atoms with van der Waals surface area (Å²) < 4.78 is 15.6. The minimum Gasteiger partial charge on any atom is -0.508 e. The summed E-state index contributed by atoms with van der Waals surface area (Å²) in [6, 6.07) is 25.0. The summed E-state index contributed by atoms with van der Waals surface area (Å²) in [6.45, 7) is 0.149. The first-order valence-electron chi connectivity index (χ1n) is 7.85. The van der Waals surface area contributed by atoms with Crippen molar-refractivity contribution in [3.8, 4) is 29.1 Å². The lowest BCUT2D eigenvalue weighted by Gasteiger charge is -2.07. The third-order valence-electron chi connectivity index (χ3n) is 3.25. The minimum atomic E-state index is 0.149. The van der Waals surface area contributed by atoms with E-state index >= 15 is 0 Å². The maximum atomic E-state index is 8.80. The van der Waals surface area contributed by atoms with Crippen molar-refractivity contribution in [2.45, 2.75) is 0 Å².